The SMILES string of the molecule is CCc1ccccc1NC(=O)CCC(=O)N1c2cccc(O)c2NC2=C(C(=O)CC(C)(C)C2)C1c1ccc(OCc2ccccc2)cc1Cl. The van der Waals surface area contributed by atoms with E-state index in [1.807, 2.05) is 75.4 Å². The fraction of sp³-hybridized carbons (Fsp3) is 0.275. The summed E-state index contributed by atoms with van der Waals surface area (Å²) in [5, 5.41) is 17.7. The van der Waals surface area contributed by atoms with Crippen LogP contribution in [-0.4, -0.2) is 22.7 Å². The summed E-state index contributed by atoms with van der Waals surface area (Å²) in [5.41, 5.74) is 4.60. The number of hydrogen-bond donors (Lipinski definition) is 3. The number of allylic oxidation sites excluding steroid dienone is 1. The number of benzene rings is 4. The van der Waals surface area contributed by atoms with Gasteiger partial charge in [0.2, 0.25) is 11.8 Å². The molecule has 1 atom stereocenters. The molecule has 2 aliphatic rings. The smallest absolute Gasteiger partial charge is 0.228 e. The molecule has 1 unspecified atom stereocenters. The number of anilines is 3. The number of hydrogen-bond acceptors (Lipinski definition) is 6. The topological polar surface area (TPSA) is 108 Å². The third kappa shape index (κ3) is 7.34. The average Bonchev–Trinajstić information content (AvgIpc) is 3.22. The molecule has 1 aliphatic heterocycles. The van der Waals surface area contributed by atoms with Gasteiger partial charge in [0.05, 0.1) is 11.7 Å². The van der Waals surface area contributed by atoms with Crippen LogP contribution in [0.15, 0.2) is 102 Å². The number of nitrogens with zero attached hydrogens (tertiary/aromatic N) is 1. The standard InChI is InChI=1S/C40H40ClN3O5/c1-4-26-13-8-9-14-30(26)42-35(47)19-20-36(48)44-32-15-10-16-33(45)38(32)43-31-22-40(2,3)23-34(46)37(31)39(44)28-18-17-27(21-29(28)41)49-24-25-11-6-5-7-12-25/h5-18,21,39,43,45H,4,19-20,22-24H2,1-3H3,(H,42,47). The van der Waals surface area contributed by atoms with Crippen LogP contribution in [0.5, 0.6) is 11.5 Å². The second-order valence-electron chi connectivity index (χ2n) is 13.3. The Balaban J connectivity index is 1.39. The van der Waals surface area contributed by atoms with Crippen molar-refractivity contribution in [1.82, 2.24) is 0 Å². The molecule has 0 radical (unpaired) electrons. The fourth-order valence-electron chi connectivity index (χ4n) is 6.68. The summed E-state index contributed by atoms with van der Waals surface area (Å²) in [4.78, 5) is 43.3. The Morgan fingerprint density at radius 2 is 1.73 bits per heavy atom. The van der Waals surface area contributed by atoms with Crippen LogP contribution < -0.4 is 20.3 Å². The highest BCUT2D eigenvalue weighted by atomic mass is 35.5. The van der Waals surface area contributed by atoms with Gasteiger partial charge in [-0.2, -0.15) is 0 Å². The molecule has 4 aromatic carbocycles. The lowest BCUT2D eigenvalue weighted by atomic mass is 9.73. The van der Waals surface area contributed by atoms with Crippen molar-refractivity contribution in [2.24, 2.45) is 5.41 Å². The van der Waals surface area contributed by atoms with Crippen molar-refractivity contribution in [1.29, 1.82) is 0 Å². The molecule has 2 amide bonds. The number of phenols is 1. The molecule has 4 aromatic rings. The number of ether oxygens (including phenoxy) is 1. The molecule has 1 heterocycles. The number of rotatable bonds is 9. The minimum atomic E-state index is -0.929. The number of para-hydroxylation sites is 2. The number of phenolic OH excluding ortho intramolecular Hbond substituents is 1. The number of halogens is 1. The van der Waals surface area contributed by atoms with Crippen LogP contribution in [0.4, 0.5) is 17.1 Å². The Morgan fingerprint density at radius 1 is 0.980 bits per heavy atom. The summed E-state index contributed by atoms with van der Waals surface area (Å²) in [6.07, 6.45) is 1.29. The first-order valence-corrected chi connectivity index (χ1v) is 16.9. The zero-order chi connectivity index (χ0) is 34.7. The molecule has 8 nitrogen and oxygen atoms in total. The van der Waals surface area contributed by atoms with Crippen molar-refractivity contribution in [3.8, 4) is 11.5 Å². The summed E-state index contributed by atoms with van der Waals surface area (Å²) in [7, 11) is 0. The summed E-state index contributed by atoms with van der Waals surface area (Å²) in [6.45, 7) is 6.39. The molecule has 0 spiro atoms. The summed E-state index contributed by atoms with van der Waals surface area (Å²) in [6, 6.07) is 26.6. The quantitative estimate of drug-likeness (QED) is 0.153. The predicted octanol–water partition coefficient (Wildman–Crippen LogP) is 8.75. The minimum absolute atomic E-state index is 0.0664. The van der Waals surface area contributed by atoms with E-state index in [0.717, 1.165) is 17.5 Å². The van der Waals surface area contributed by atoms with Gasteiger partial charge >= 0.3 is 0 Å². The summed E-state index contributed by atoms with van der Waals surface area (Å²) >= 11 is 7.02. The van der Waals surface area contributed by atoms with Crippen molar-refractivity contribution in [3.05, 3.63) is 124 Å². The normalized spacial score (nSPS) is 16.6. The lowest BCUT2D eigenvalue weighted by Gasteiger charge is -2.37. The lowest BCUT2D eigenvalue weighted by molar-refractivity contribution is -0.123. The van der Waals surface area contributed by atoms with E-state index in [0.29, 0.717) is 57.7 Å². The van der Waals surface area contributed by atoms with Gasteiger partial charge in [0.1, 0.15) is 23.8 Å². The first kappa shape index (κ1) is 33.8. The molecule has 1 aliphatic carbocycles. The fourth-order valence-corrected chi connectivity index (χ4v) is 6.95. The van der Waals surface area contributed by atoms with E-state index in [1.165, 1.54) is 11.0 Å². The van der Waals surface area contributed by atoms with E-state index < -0.39 is 11.9 Å². The molecule has 252 valence electrons. The highest BCUT2D eigenvalue weighted by Gasteiger charge is 2.44. The number of carbonyl (C=O) groups excluding carboxylic acids is 3. The molecule has 9 heteroatoms. The van der Waals surface area contributed by atoms with Gasteiger partial charge in [-0.15, -0.1) is 0 Å². The number of nitrogens with one attached hydrogen (secondary N) is 2. The van der Waals surface area contributed by atoms with Gasteiger partial charge in [0.25, 0.3) is 0 Å². The first-order chi connectivity index (χ1) is 23.5. The van der Waals surface area contributed by atoms with Crippen LogP contribution in [0.2, 0.25) is 5.02 Å². The minimum Gasteiger partial charge on any atom is -0.506 e. The van der Waals surface area contributed by atoms with Gasteiger partial charge in [-0.1, -0.05) is 93.0 Å². The van der Waals surface area contributed by atoms with Crippen molar-refractivity contribution in [3.63, 3.8) is 0 Å². The molecule has 0 saturated carbocycles. The van der Waals surface area contributed by atoms with Gasteiger partial charge in [-0.3, -0.25) is 19.3 Å². The van der Waals surface area contributed by atoms with Crippen LogP contribution in [0.3, 0.4) is 0 Å². The van der Waals surface area contributed by atoms with Crippen LogP contribution >= 0.6 is 11.6 Å². The predicted molar refractivity (Wildman–Crippen MR) is 193 cm³/mol. The largest absolute Gasteiger partial charge is 0.506 e. The molecule has 0 aromatic heterocycles. The zero-order valence-electron chi connectivity index (χ0n) is 27.9. The van der Waals surface area contributed by atoms with Crippen molar-refractivity contribution >= 4 is 46.3 Å². The van der Waals surface area contributed by atoms with Crippen LogP contribution in [0.1, 0.15) is 69.2 Å². The maximum absolute atomic E-state index is 14.5. The maximum atomic E-state index is 14.5. The van der Waals surface area contributed by atoms with E-state index in [2.05, 4.69) is 10.6 Å². The number of fused-ring (bicyclic) bond motifs is 1. The molecule has 3 N–H and O–H groups in total. The number of carbonyl (C=O) groups is 3. The van der Waals surface area contributed by atoms with E-state index in [4.69, 9.17) is 16.3 Å². The van der Waals surface area contributed by atoms with Crippen molar-refractivity contribution in [2.75, 3.05) is 15.5 Å². The van der Waals surface area contributed by atoms with Gasteiger partial charge in [-0.25, -0.2) is 0 Å². The van der Waals surface area contributed by atoms with E-state index >= 15 is 0 Å². The van der Waals surface area contributed by atoms with Gasteiger partial charge in [0, 0.05) is 41.2 Å². The van der Waals surface area contributed by atoms with Crippen molar-refractivity contribution < 1.29 is 24.2 Å². The highest BCUT2D eigenvalue weighted by Crippen LogP contribution is 2.51. The third-order valence-corrected chi connectivity index (χ3v) is 9.36. The highest BCUT2D eigenvalue weighted by molar-refractivity contribution is 6.31. The number of amides is 2. The average molecular weight is 678 g/mol. The summed E-state index contributed by atoms with van der Waals surface area (Å²) < 4.78 is 6.04. The molecule has 6 rings (SSSR count). The Hall–Kier alpha value is -5.08. The number of ketones is 1. The Morgan fingerprint density at radius 3 is 2.49 bits per heavy atom. The molecule has 0 fully saturated rings. The molecule has 49 heavy (non-hydrogen) atoms. The Bertz CT molecular complexity index is 1940. The lowest BCUT2D eigenvalue weighted by Crippen LogP contribution is -2.40. The van der Waals surface area contributed by atoms with E-state index in [9.17, 15) is 19.5 Å². The van der Waals surface area contributed by atoms with Crippen LogP contribution in [0, 0.1) is 5.41 Å². The molecule has 0 saturated heterocycles. The zero-order valence-corrected chi connectivity index (χ0v) is 28.6. The molecule has 0 bridgehead atoms. The maximum Gasteiger partial charge on any atom is 0.228 e. The Labute approximate surface area is 291 Å². The number of aryl methyl sites for hydroxylation is 1. The second kappa shape index (κ2) is 14.2. The van der Waals surface area contributed by atoms with Crippen LogP contribution in [0.25, 0.3) is 0 Å². The summed E-state index contributed by atoms with van der Waals surface area (Å²) in [5.74, 6) is -0.353. The van der Waals surface area contributed by atoms with Crippen molar-refractivity contribution in [2.45, 2.75) is 65.5 Å². The van der Waals surface area contributed by atoms with Gasteiger partial charge in [-0.05, 0) is 65.3 Å². The monoisotopic (exact) mass is 677 g/mol. The molecular weight excluding hydrogens is 638 g/mol. The van der Waals surface area contributed by atoms with Gasteiger partial charge < -0.3 is 20.5 Å². The number of Topliss-reactive ketones (excluding diaryl/α,β-unsaturated/α-hetero) is 1. The first-order valence-electron chi connectivity index (χ1n) is 16.6. The van der Waals surface area contributed by atoms with Crippen LogP contribution in [-0.2, 0) is 27.4 Å². The van der Waals surface area contributed by atoms with Gasteiger partial charge in [0.15, 0.2) is 5.78 Å². The Kier molecular flexibility index (Phi) is 9.79. The number of aromatic hydroxyl groups is 1. The second-order valence-corrected chi connectivity index (χ2v) is 13.7. The molecular formula is C40H40ClN3O5. The van der Waals surface area contributed by atoms with E-state index in [1.54, 1.807) is 30.3 Å². The third-order valence-electron chi connectivity index (χ3n) is 9.03. The van der Waals surface area contributed by atoms with E-state index in [-0.39, 0.29) is 42.1 Å².